The standard InChI is InChI=1S/C31H41ClN2O5S/c1-3-6-20-15-24(32)10-12-25(20)23-18-34(17-22-8-11-26(22)28-7-4-5-14-38-28)27-16-21(9-13-29(27)39-19-23)30(35)31(36)33-40(2)37/h9-10,12-13,15-16,22-23,26,28,30,35H,3-8,11,14,17-19H2,1-2H3,(H,33,36). The van der Waals surface area contributed by atoms with Crippen molar-refractivity contribution in [3.63, 3.8) is 0 Å². The van der Waals surface area contributed by atoms with Crippen molar-refractivity contribution in [3.05, 3.63) is 58.1 Å². The molecule has 1 saturated carbocycles. The molecule has 2 N–H and O–H groups in total. The lowest BCUT2D eigenvalue weighted by Crippen LogP contribution is -2.45. The van der Waals surface area contributed by atoms with Gasteiger partial charge in [-0.15, -0.1) is 0 Å². The van der Waals surface area contributed by atoms with Gasteiger partial charge in [0.05, 0.1) is 18.4 Å². The summed E-state index contributed by atoms with van der Waals surface area (Å²) in [7, 11) is -1.56. The van der Waals surface area contributed by atoms with Crippen LogP contribution in [0.3, 0.4) is 0 Å². The van der Waals surface area contributed by atoms with Crippen LogP contribution < -0.4 is 14.4 Å². The second kappa shape index (κ2) is 13.2. The zero-order valence-corrected chi connectivity index (χ0v) is 25.0. The molecule has 6 unspecified atom stereocenters. The summed E-state index contributed by atoms with van der Waals surface area (Å²) in [6.07, 6.45) is 8.15. The number of nitrogens with zero attached hydrogens (tertiary/aromatic N) is 1. The lowest BCUT2D eigenvalue weighted by Gasteiger charge is -2.45. The molecule has 3 aliphatic rings. The Morgan fingerprint density at radius 3 is 2.75 bits per heavy atom. The molecule has 2 fully saturated rings. The molecule has 0 radical (unpaired) electrons. The maximum absolute atomic E-state index is 12.5. The van der Waals surface area contributed by atoms with Crippen molar-refractivity contribution >= 4 is 34.2 Å². The molecular weight excluding hydrogens is 548 g/mol. The fourth-order valence-electron chi connectivity index (χ4n) is 6.55. The van der Waals surface area contributed by atoms with E-state index in [0.717, 1.165) is 68.3 Å². The van der Waals surface area contributed by atoms with Crippen molar-refractivity contribution in [1.29, 1.82) is 0 Å². The first-order valence-corrected chi connectivity index (χ1v) is 16.5. The number of nitrogens with one attached hydrogen (secondary N) is 1. The van der Waals surface area contributed by atoms with Crippen molar-refractivity contribution in [2.45, 2.75) is 70.0 Å². The average molecular weight is 589 g/mol. The van der Waals surface area contributed by atoms with Crippen LogP contribution in [0.25, 0.3) is 0 Å². The number of fused-ring (bicyclic) bond motifs is 1. The topological polar surface area (TPSA) is 88.1 Å². The van der Waals surface area contributed by atoms with Gasteiger partial charge in [-0.25, -0.2) is 4.21 Å². The van der Waals surface area contributed by atoms with E-state index in [2.05, 4.69) is 28.7 Å². The third-order valence-electron chi connectivity index (χ3n) is 8.70. The second-order valence-corrected chi connectivity index (χ2v) is 13.0. The van der Waals surface area contributed by atoms with Gasteiger partial charge in [-0.3, -0.25) is 9.52 Å². The number of hydrogen-bond donors (Lipinski definition) is 2. The number of benzene rings is 2. The quantitative estimate of drug-likeness (QED) is 0.413. The van der Waals surface area contributed by atoms with Gasteiger partial charge in [0.25, 0.3) is 5.91 Å². The Labute approximate surface area is 245 Å². The maximum atomic E-state index is 12.5. The van der Waals surface area contributed by atoms with E-state index >= 15 is 0 Å². The van der Waals surface area contributed by atoms with Crippen molar-refractivity contribution in [2.75, 3.05) is 37.5 Å². The number of halogens is 1. The third kappa shape index (κ3) is 6.67. The Morgan fingerprint density at radius 2 is 2.05 bits per heavy atom. The molecule has 2 aliphatic heterocycles. The van der Waals surface area contributed by atoms with Gasteiger partial charge in [-0.2, -0.15) is 0 Å². The Kier molecular flexibility index (Phi) is 9.72. The lowest BCUT2D eigenvalue weighted by atomic mass is 9.69. The SMILES string of the molecule is CCCc1cc(Cl)ccc1C1COc2ccc(C(O)C(=O)NS(C)=O)cc2N(CC2CCC2C2CCCCO2)C1. The lowest BCUT2D eigenvalue weighted by molar-refractivity contribution is -0.127. The number of carbonyl (C=O) groups is 1. The molecular formula is C31H41ClN2O5S. The van der Waals surface area contributed by atoms with E-state index in [1.165, 1.54) is 30.2 Å². The van der Waals surface area contributed by atoms with Gasteiger partial charge in [-0.05, 0) is 91.3 Å². The number of hydrogen-bond acceptors (Lipinski definition) is 6. The molecule has 40 heavy (non-hydrogen) atoms. The molecule has 9 heteroatoms. The molecule has 1 amide bonds. The predicted molar refractivity (Wildman–Crippen MR) is 159 cm³/mol. The van der Waals surface area contributed by atoms with E-state index in [1.54, 1.807) is 6.07 Å². The highest BCUT2D eigenvalue weighted by molar-refractivity contribution is 7.82. The van der Waals surface area contributed by atoms with Crippen molar-refractivity contribution in [3.8, 4) is 5.75 Å². The number of ether oxygens (including phenoxy) is 2. The van der Waals surface area contributed by atoms with E-state index in [-0.39, 0.29) is 5.92 Å². The Balaban J connectivity index is 1.45. The van der Waals surface area contributed by atoms with Crippen LogP contribution >= 0.6 is 11.6 Å². The summed E-state index contributed by atoms with van der Waals surface area (Å²) in [6.45, 7) is 5.18. The number of aliphatic hydroxyl groups excluding tert-OH is 1. The van der Waals surface area contributed by atoms with Crippen LogP contribution in [-0.2, 0) is 26.9 Å². The number of aliphatic hydroxyl groups is 1. The number of anilines is 1. The van der Waals surface area contributed by atoms with E-state index in [9.17, 15) is 14.1 Å². The molecule has 6 atom stereocenters. The molecule has 5 rings (SSSR count). The zero-order chi connectivity index (χ0) is 28.2. The first-order chi connectivity index (χ1) is 19.3. The minimum Gasteiger partial charge on any atom is -0.491 e. The van der Waals surface area contributed by atoms with Gasteiger partial charge < -0.3 is 19.5 Å². The fraction of sp³-hybridized carbons (Fsp3) is 0.581. The van der Waals surface area contributed by atoms with Gasteiger partial charge in [0.2, 0.25) is 0 Å². The normalized spacial score (nSPS) is 26.1. The highest BCUT2D eigenvalue weighted by Gasteiger charge is 2.40. The summed E-state index contributed by atoms with van der Waals surface area (Å²) in [6, 6.07) is 11.6. The van der Waals surface area contributed by atoms with Crippen LogP contribution in [0.2, 0.25) is 5.02 Å². The largest absolute Gasteiger partial charge is 0.491 e. The van der Waals surface area contributed by atoms with Crippen LogP contribution in [0, 0.1) is 11.8 Å². The number of carbonyl (C=O) groups excluding carboxylic acids is 1. The summed E-state index contributed by atoms with van der Waals surface area (Å²) < 4.78 is 26.4. The van der Waals surface area contributed by atoms with Gasteiger partial charge >= 0.3 is 0 Å². The van der Waals surface area contributed by atoms with Gasteiger partial charge in [0.1, 0.15) is 16.7 Å². The summed E-state index contributed by atoms with van der Waals surface area (Å²) in [4.78, 5) is 14.9. The van der Waals surface area contributed by atoms with E-state index < -0.39 is 23.0 Å². The molecule has 218 valence electrons. The van der Waals surface area contributed by atoms with Crippen LogP contribution in [0.15, 0.2) is 36.4 Å². The first kappa shape index (κ1) is 29.4. The summed E-state index contributed by atoms with van der Waals surface area (Å²) in [5, 5.41) is 11.5. The molecule has 1 aliphatic carbocycles. The van der Waals surface area contributed by atoms with Crippen LogP contribution in [0.4, 0.5) is 5.69 Å². The molecule has 0 bridgehead atoms. The number of aryl methyl sites for hydroxylation is 1. The summed E-state index contributed by atoms with van der Waals surface area (Å²) >= 11 is 6.39. The van der Waals surface area contributed by atoms with E-state index in [1.807, 2.05) is 18.2 Å². The average Bonchev–Trinajstić information content (AvgIpc) is 3.10. The minimum atomic E-state index is -1.56. The molecule has 2 aromatic rings. The third-order valence-corrected chi connectivity index (χ3v) is 9.42. The number of rotatable bonds is 9. The molecule has 2 heterocycles. The van der Waals surface area contributed by atoms with Crippen molar-refractivity contribution in [1.82, 2.24) is 4.72 Å². The molecule has 0 aromatic heterocycles. The Morgan fingerprint density at radius 1 is 1.20 bits per heavy atom. The Hall–Kier alpha value is -2.13. The molecule has 2 aromatic carbocycles. The number of amides is 1. The van der Waals surface area contributed by atoms with Crippen molar-refractivity contribution < 1.29 is 23.6 Å². The van der Waals surface area contributed by atoms with Crippen LogP contribution in [0.1, 0.15) is 74.2 Å². The highest BCUT2D eigenvalue weighted by atomic mass is 35.5. The summed E-state index contributed by atoms with van der Waals surface area (Å²) in [5.41, 5.74) is 3.85. The maximum Gasteiger partial charge on any atom is 0.265 e. The predicted octanol–water partition coefficient (Wildman–Crippen LogP) is 5.31. The van der Waals surface area contributed by atoms with E-state index in [0.29, 0.717) is 30.1 Å². The smallest absolute Gasteiger partial charge is 0.265 e. The van der Waals surface area contributed by atoms with E-state index in [4.69, 9.17) is 21.1 Å². The summed E-state index contributed by atoms with van der Waals surface area (Å²) in [5.74, 6) is 1.26. The van der Waals surface area contributed by atoms with Crippen LogP contribution in [0.5, 0.6) is 5.75 Å². The molecule has 7 nitrogen and oxygen atoms in total. The molecule has 1 saturated heterocycles. The van der Waals surface area contributed by atoms with Gasteiger partial charge in [-0.1, -0.05) is 37.1 Å². The van der Waals surface area contributed by atoms with Crippen LogP contribution in [-0.4, -0.2) is 53.9 Å². The monoisotopic (exact) mass is 588 g/mol. The second-order valence-electron chi connectivity index (χ2n) is 11.5. The van der Waals surface area contributed by atoms with Gasteiger partial charge in [0, 0.05) is 36.9 Å². The Bertz CT molecular complexity index is 1220. The highest BCUT2D eigenvalue weighted by Crippen LogP contribution is 2.44. The minimum absolute atomic E-state index is 0.134. The zero-order valence-electron chi connectivity index (χ0n) is 23.4. The fourth-order valence-corrected chi connectivity index (χ4v) is 7.14. The van der Waals surface area contributed by atoms with Gasteiger partial charge in [0.15, 0.2) is 6.10 Å². The first-order valence-electron chi connectivity index (χ1n) is 14.6. The van der Waals surface area contributed by atoms with Crippen molar-refractivity contribution in [2.24, 2.45) is 11.8 Å². The molecule has 0 spiro atoms.